The van der Waals surface area contributed by atoms with E-state index in [1.54, 1.807) is 13.0 Å². The third-order valence-corrected chi connectivity index (χ3v) is 3.21. The number of hydrogen-bond donors (Lipinski definition) is 1. The summed E-state index contributed by atoms with van der Waals surface area (Å²) in [5, 5.41) is 14.1. The van der Waals surface area contributed by atoms with Crippen molar-refractivity contribution in [3.05, 3.63) is 33.9 Å². The molecule has 1 heterocycles. The second-order valence-electron chi connectivity index (χ2n) is 4.47. The topological polar surface area (TPSA) is 58.4 Å². The normalized spacial score (nSPS) is 20.4. The molecule has 2 rings (SSSR count). The van der Waals surface area contributed by atoms with E-state index in [4.69, 9.17) is 0 Å². The number of hydrogen-bond acceptors (Lipinski definition) is 4. The third kappa shape index (κ3) is 2.39. The number of nitrogens with zero attached hydrogens (tertiary/aromatic N) is 2. The van der Waals surface area contributed by atoms with Crippen molar-refractivity contribution >= 4 is 11.4 Å². The standard InChI is InChI=1S/C12H17N3O2/c1-9-7-11(3-4-12(9)15(16)17)14-6-5-13-8-10(14)2/h3-4,7,10,13H,5-6,8H2,1-2H3. The molecule has 0 spiro atoms. The van der Waals surface area contributed by atoms with Crippen molar-refractivity contribution in [3.63, 3.8) is 0 Å². The molecule has 1 atom stereocenters. The molecular formula is C12H17N3O2. The zero-order valence-corrected chi connectivity index (χ0v) is 10.1. The molecule has 0 bridgehead atoms. The molecule has 1 saturated heterocycles. The Morgan fingerprint density at radius 2 is 2.29 bits per heavy atom. The predicted molar refractivity (Wildman–Crippen MR) is 67.5 cm³/mol. The van der Waals surface area contributed by atoms with E-state index >= 15 is 0 Å². The summed E-state index contributed by atoms with van der Waals surface area (Å²) in [5.41, 5.74) is 1.98. The van der Waals surface area contributed by atoms with E-state index in [2.05, 4.69) is 17.1 Å². The fourth-order valence-electron chi connectivity index (χ4n) is 2.25. The lowest BCUT2D eigenvalue weighted by Crippen LogP contribution is -2.49. The summed E-state index contributed by atoms with van der Waals surface area (Å²) in [7, 11) is 0. The minimum atomic E-state index is -0.333. The molecule has 92 valence electrons. The van der Waals surface area contributed by atoms with E-state index in [1.165, 1.54) is 0 Å². The van der Waals surface area contributed by atoms with Gasteiger partial charge in [-0.05, 0) is 26.0 Å². The Morgan fingerprint density at radius 3 is 2.88 bits per heavy atom. The van der Waals surface area contributed by atoms with Crippen LogP contribution in [0.3, 0.4) is 0 Å². The first-order chi connectivity index (χ1) is 8.09. The molecule has 5 nitrogen and oxygen atoms in total. The molecule has 1 aromatic rings. The van der Waals surface area contributed by atoms with Crippen LogP contribution in [0.25, 0.3) is 0 Å². The second kappa shape index (κ2) is 4.71. The number of benzene rings is 1. The summed E-state index contributed by atoms with van der Waals surface area (Å²) < 4.78 is 0. The van der Waals surface area contributed by atoms with E-state index in [9.17, 15) is 10.1 Å². The predicted octanol–water partition coefficient (Wildman–Crippen LogP) is 1.70. The molecule has 0 aliphatic carbocycles. The van der Waals surface area contributed by atoms with Gasteiger partial charge in [0.05, 0.1) is 4.92 Å². The van der Waals surface area contributed by atoms with Crippen molar-refractivity contribution in [1.82, 2.24) is 5.32 Å². The summed E-state index contributed by atoms with van der Waals surface area (Å²) in [6, 6.07) is 5.76. The van der Waals surface area contributed by atoms with Gasteiger partial charge in [-0.3, -0.25) is 10.1 Å². The molecule has 5 heteroatoms. The van der Waals surface area contributed by atoms with Gasteiger partial charge in [0, 0.05) is 43.0 Å². The van der Waals surface area contributed by atoms with Crippen molar-refractivity contribution in [1.29, 1.82) is 0 Å². The van der Waals surface area contributed by atoms with Gasteiger partial charge in [-0.15, -0.1) is 0 Å². The number of nitro benzene ring substituents is 1. The van der Waals surface area contributed by atoms with Gasteiger partial charge >= 0.3 is 0 Å². The molecule has 0 aromatic heterocycles. The Hall–Kier alpha value is -1.62. The number of nitro groups is 1. The lowest BCUT2D eigenvalue weighted by molar-refractivity contribution is -0.385. The van der Waals surface area contributed by atoms with Crippen LogP contribution < -0.4 is 10.2 Å². The zero-order chi connectivity index (χ0) is 12.4. The molecule has 0 saturated carbocycles. The number of nitrogens with one attached hydrogen (secondary N) is 1. The average molecular weight is 235 g/mol. The highest BCUT2D eigenvalue weighted by Gasteiger charge is 2.20. The van der Waals surface area contributed by atoms with Gasteiger partial charge in [-0.2, -0.15) is 0 Å². The monoisotopic (exact) mass is 235 g/mol. The van der Waals surface area contributed by atoms with Gasteiger partial charge in [-0.25, -0.2) is 0 Å². The fraction of sp³-hybridized carbons (Fsp3) is 0.500. The minimum Gasteiger partial charge on any atom is -0.366 e. The highest BCUT2D eigenvalue weighted by molar-refractivity contribution is 5.56. The Balaban J connectivity index is 2.27. The first-order valence-corrected chi connectivity index (χ1v) is 5.82. The second-order valence-corrected chi connectivity index (χ2v) is 4.47. The number of aryl methyl sites for hydroxylation is 1. The molecule has 1 fully saturated rings. The highest BCUT2D eigenvalue weighted by atomic mass is 16.6. The van der Waals surface area contributed by atoms with Crippen LogP contribution >= 0.6 is 0 Å². The molecular weight excluding hydrogens is 218 g/mol. The van der Waals surface area contributed by atoms with Gasteiger partial charge in [0.25, 0.3) is 5.69 Å². The van der Waals surface area contributed by atoms with E-state index < -0.39 is 0 Å². The summed E-state index contributed by atoms with van der Waals surface area (Å²) in [6.07, 6.45) is 0. The van der Waals surface area contributed by atoms with Crippen molar-refractivity contribution in [2.75, 3.05) is 24.5 Å². The molecule has 1 unspecified atom stereocenters. The third-order valence-electron chi connectivity index (χ3n) is 3.21. The largest absolute Gasteiger partial charge is 0.366 e. The van der Waals surface area contributed by atoms with Gasteiger partial charge in [-0.1, -0.05) is 0 Å². The maximum Gasteiger partial charge on any atom is 0.272 e. The minimum absolute atomic E-state index is 0.191. The first-order valence-electron chi connectivity index (χ1n) is 5.82. The fourth-order valence-corrected chi connectivity index (χ4v) is 2.25. The lowest BCUT2D eigenvalue weighted by Gasteiger charge is -2.36. The molecule has 0 amide bonds. The van der Waals surface area contributed by atoms with Crippen LogP contribution in [0.15, 0.2) is 18.2 Å². The Morgan fingerprint density at radius 1 is 1.53 bits per heavy atom. The smallest absolute Gasteiger partial charge is 0.272 e. The van der Waals surface area contributed by atoms with Gasteiger partial charge in [0.2, 0.25) is 0 Å². The summed E-state index contributed by atoms with van der Waals surface area (Å²) in [6.45, 7) is 6.80. The van der Waals surface area contributed by atoms with Crippen LogP contribution in [0.5, 0.6) is 0 Å². The van der Waals surface area contributed by atoms with E-state index in [-0.39, 0.29) is 10.6 Å². The Labute approximate surface area is 101 Å². The molecule has 17 heavy (non-hydrogen) atoms. The average Bonchev–Trinajstić information content (AvgIpc) is 2.29. The van der Waals surface area contributed by atoms with Crippen LogP contribution in [0.4, 0.5) is 11.4 Å². The van der Waals surface area contributed by atoms with Crippen LogP contribution in [-0.4, -0.2) is 30.6 Å². The Kier molecular flexibility index (Phi) is 3.28. The van der Waals surface area contributed by atoms with Crippen molar-refractivity contribution in [3.8, 4) is 0 Å². The van der Waals surface area contributed by atoms with Crippen LogP contribution in [0, 0.1) is 17.0 Å². The van der Waals surface area contributed by atoms with Crippen LogP contribution in [0.1, 0.15) is 12.5 Å². The lowest BCUT2D eigenvalue weighted by atomic mass is 10.1. The molecule has 1 aromatic carbocycles. The van der Waals surface area contributed by atoms with Crippen LogP contribution in [-0.2, 0) is 0 Å². The van der Waals surface area contributed by atoms with Gasteiger partial charge < -0.3 is 10.2 Å². The van der Waals surface area contributed by atoms with Crippen molar-refractivity contribution in [2.24, 2.45) is 0 Å². The molecule has 1 aliphatic rings. The maximum absolute atomic E-state index is 10.8. The number of anilines is 1. The van der Waals surface area contributed by atoms with Gasteiger partial charge in [0.1, 0.15) is 0 Å². The number of piperazine rings is 1. The molecule has 1 aliphatic heterocycles. The number of rotatable bonds is 2. The van der Waals surface area contributed by atoms with Crippen LogP contribution in [0.2, 0.25) is 0 Å². The van der Waals surface area contributed by atoms with Crippen molar-refractivity contribution in [2.45, 2.75) is 19.9 Å². The van der Waals surface area contributed by atoms with E-state index in [0.29, 0.717) is 6.04 Å². The molecule has 1 N–H and O–H groups in total. The maximum atomic E-state index is 10.8. The highest BCUT2D eigenvalue weighted by Crippen LogP contribution is 2.25. The Bertz CT molecular complexity index is 434. The molecule has 0 radical (unpaired) electrons. The van der Waals surface area contributed by atoms with E-state index in [0.717, 1.165) is 30.9 Å². The summed E-state index contributed by atoms with van der Waals surface area (Å²) in [4.78, 5) is 12.7. The van der Waals surface area contributed by atoms with E-state index in [1.807, 2.05) is 12.1 Å². The quantitative estimate of drug-likeness (QED) is 0.626. The van der Waals surface area contributed by atoms with Gasteiger partial charge in [0.15, 0.2) is 0 Å². The first kappa shape index (κ1) is 11.9. The summed E-state index contributed by atoms with van der Waals surface area (Å²) >= 11 is 0. The van der Waals surface area contributed by atoms with Crippen molar-refractivity contribution < 1.29 is 4.92 Å². The zero-order valence-electron chi connectivity index (χ0n) is 10.1. The SMILES string of the molecule is Cc1cc(N2CCNCC2C)ccc1[N+](=O)[O-]. The summed E-state index contributed by atoms with van der Waals surface area (Å²) in [5.74, 6) is 0.